The Labute approximate surface area is 131 Å². The molecule has 1 heterocycles. The zero-order valence-electron chi connectivity index (χ0n) is 14.7. The average Bonchev–Trinajstić information content (AvgIpc) is 2.45. The molecule has 1 saturated heterocycles. The van der Waals surface area contributed by atoms with Crippen molar-refractivity contribution in [2.45, 2.75) is 71.9 Å². The van der Waals surface area contributed by atoms with Crippen LogP contribution in [0.4, 0.5) is 0 Å². The van der Waals surface area contributed by atoms with Crippen LogP contribution in [0, 0.1) is 5.92 Å². The largest absolute Gasteiger partial charge is 0.350 e. The maximum atomic E-state index is 12.2. The molecular weight excluding hydrogens is 262 g/mol. The highest BCUT2D eigenvalue weighted by molar-refractivity contribution is 5.78. The highest BCUT2D eigenvalue weighted by Crippen LogP contribution is 2.20. The Morgan fingerprint density at radius 3 is 2.57 bits per heavy atom. The minimum atomic E-state index is -0.0950. The zero-order chi connectivity index (χ0) is 15.9. The number of hydrogen-bond acceptors (Lipinski definition) is 3. The van der Waals surface area contributed by atoms with Crippen LogP contribution < -0.4 is 10.6 Å². The number of nitrogens with one attached hydrogen (secondary N) is 2. The van der Waals surface area contributed by atoms with Gasteiger partial charge in [-0.25, -0.2) is 0 Å². The predicted molar refractivity (Wildman–Crippen MR) is 89.4 cm³/mol. The van der Waals surface area contributed by atoms with Crippen LogP contribution in [0.2, 0.25) is 0 Å². The highest BCUT2D eigenvalue weighted by Gasteiger charge is 2.29. The molecule has 0 saturated carbocycles. The molecule has 0 aliphatic carbocycles. The van der Waals surface area contributed by atoms with E-state index < -0.39 is 0 Å². The van der Waals surface area contributed by atoms with Crippen LogP contribution in [0.25, 0.3) is 0 Å². The SMILES string of the molecule is CCCNC1CCN(CC(=O)NC(C)(C)CC)CC1CC. The summed E-state index contributed by atoms with van der Waals surface area (Å²) >= 11 is 0. The lowest BCUT2D eigenvalue weighted by Crippen LogP contribution is -2.53. The molecule has 0 aromatic carbocycles. The van der Waals surface area contributed by atoms with Gasteiger partial charge in [-0.05, 0) is 45.6 Å². The fraction of sp³-hybridized carbons (Fsp3) is 0.941. The van der Waals surface area contributed by atoms with E-state index in [0.29, 0.717) is 18.5 Å². The number of likely N-dealkylation sites (tertiary alicyclic amines) is 1. The van der Waals surface area contributed by atoms with Crippen molar-refractivity contribution < 1.29 is 4.79 Å². The summed E-state index contributed by atoms with van der Waals surface area (Å²) in [6.07, 6.45) is 4.48. The fourth-order valence-electron chi connectivity index (χ4n) is 2.97. The van der Waals surface area contributed by atoms with Crippen molar-refractivity contribution in [2.75, 3.05) is 26.2 Å². The topological polar surface area (TPSA) is 44.4 Å². The van der Waals surface area contributed by atoms with Gasteiger partial charge in [0.2, 0.25) is 5.91 Å². The van der Waals surface area contributed by atoms with E-state index in [-0.39, 0.29) is 11.4 Å². The number of piperidine rings is 1. The second-order valence-electron chi connectivity index (χ2n) is 7.04. The molecule has 0 spiro atoms. The minimum Gasteiger partial charge on any atom is -0.350 e. The second-order valence-corrected chi connectivity index (χ2v) is 7.04. The van der Waals surface area contributed by atoms with Crippen LogP contribution in [-0.2, 0) is 4.79 Å². The lowest BCUT2D eigenvalue weighted by atomic mass is 9.89. The van der Waals surface area contributed by atoms with E-state index in [1.54, 1.807) is 0 Å². The molecule has 2 atom stereocenters. The minimum absolute atomic E-state index is 0.0950. The molecule has 4 heteroatoms. The number of carbonyl (C=O) groups excluding carboxylic acids is 1. The van der Waals surface area contributed by atoms with Gasteiger partial charge in [-0.2, -0.15) is 0 Å². The van der Waals surface area contributed by atoms with E-state index in [1.807, 2.05) is 0 Å². The predicted octanol–water partition coefficient (Wildman–Crippen LogP) is 2.39. The third-order valence-corrected chi connectivity index (χ3v) is 4.73. The standard InChI is InChI=1S/C17H35N3O/c1-6-10-18-15-9-11-20(12-14(15)7-2)13-16(21)19-17(4,5)8-3/h14-15,18H,6-13H2,1-5H3,(H,19,21). The molecule has 1 amide bonds. The van der Waals surface area contributed by atoms with E-state index in [4.69, 9.17) is 0 Å². The van der Waals surface area contributed by atoms with E-state index in [0.717, 1.165) is 32.5 Å². The number of nitrogens with zero attached hydrogens (tertiary/aromatic N) is 1. The number of rotatable bonds is 8. The third-order valence-electron chi connectivity index (χ3n) is 4.73. The molecule has 1 rings (SSSR count). The van der Waals surface area contributed by atoms with E-state index in [9.17, 15) is 4.79 Å². The average molecular weight is 297 g/mol. The van der Waals surface area contributed by atoms with Crippen LogP contribution in [0.15, 0.2) is 0 Å². The van der Waals surface area contributed by atoms with Crippen molar-refractivity contribution in [3.63, 3.8) is 0 Å². The van der Waals surface area contributed by atoms with Crippen molar-refractivity contribution in [1.29, 1.82) is 0 Å². The Kier molecular flexibility index (Phi) is 7.67. The summed E-state index contributed by atoms with van der Waals surface area (Å²) in [4.78, 5) is 14.5. The summed E-state index contributed by atoms with van der Waals surface area (Å²) in [5.74, 6) is 0.828. The molecule has 21 heavy (non-hydrogen) atoms. The first-order valence-electron chi connectivity index (χ1n) is 8.68. The van der Waals surface area contributed by atoms with E-state index in [2.05, 4.69) is 50.2 Å². The summed E-state index contributed by atoms with van der Waals surface area (Å²) in [6.45, 7) is 14.5. The summed E-state index contributed by atoms with van der Waals surface area (Å²) < 4.78 is 0. The molecule has 124 valence electrons. The Morgan fingerprint density at radius 2 is 2.00 bits per heavy atom. The molecule has 0 aromatic rings. The lowest BCUT2D eigenvalue weighted by Gasteiger charge is -2.39. The Balaban J connectivity index is 2.43. The van der Waals surface area contributed by atoms with Gasteiger partial charge in [-0.1, -0.05) is 27.2 Å². The molecule has 1 fully saturated rings. The quantitative estimate of drug-likeness (QED) is 0.723. The fourth-order valence-corrected chi connectivity index (χ4v) is 2.97. The molecule has 2 N–H and O–H groups in total. The molecular formula is C17H35N3O. The van der Waals surface area contributed by atoms with Crippen LogP contribution in [0.5, 0.6) is 0 Å². The van der Waals surface area contributed by atoms with Gasteiger partial charge in [0.1, 0.15) is 0 Å². The number of hydrogen-bond donors (Lipinski definition) is 2. The molecule has 0 radical (unpaired) electrons. The third kappa shape index (κ3) is 6.35. The first kappa shape index (κ1) is 18.4. The normalized spacial score (nSPS) is 24.0. The maximum Gasteiger partial charge on any atom is 0.234 e. The van der Waals surface area contributed by atoms with Gasteiger partial charge in [0.05, 0.1) is 6.54 Å². The van der Waals surface area contributed by atoms with Crippen molar-refractivity contribution in [3.8, 4) is 0 Å². The Bertz CT molecular complexity index is 317. The van der Waals surface area contributed by atoms with Crippen LogP contribution >= 0.6 is 0 Å². The lowest BCUT2D eigenvalue weighted by molar-refractivity contribution is -0.124. The van der Waals surface area contributed by atoms with Gasteiger partial charge < -0.3 is 10.6 Å². The summed E-state index contributed by atoms with van der Waals surface area (Å²) in [5, 5.41) is 6.80. The van der Waals surface area contributed by atoms with Crippen LogP contribution in [0.1, 0.15) is 60.3 Å². The van der Waals surface area contributed by atoms with Crippen LogP contribution in [0.3, 0.4) is 0 Å². The molecule has 0 bridgehead atoms. The van der Waals surface area contributed by atoms with Gasteiger partial charge in [-0.15, -0.1) is 0 Å². The molecule has 1 aliphatic rings. The zero-order valence-corrected chi connectivity index (χ0v) is 14.7. The van der Waals surface area contributed by atoms with Gasteiger partial charge >= 0.3 is 0 Å². The van der Waals surface area contributed by atoms with Crippen molar-refractivity contribution in [1.82, 2.24) is 15.5 Å². The van der Waals surface area contributed by atoms with Gasteiger partial charge in [0.15, 0.2) is 0 Å². The highest BCUT2D eigenvalue weighted by atomic mass is 16.2. The first-order chi connectivity index (χ1) is 9.91. The Hall–Kier alpha value is -0.610. The van der Waals surface area contributed by atoms with E-state index >= 15 is 0 Å². The van der Waals surface area contributed by atoms with Gasteiger partial charge in [0.25, 0.3) is 0 Å². The maximum absolute atomic E-state index is 12.2. The molecule has 1 aliphatic heterocycles. The van der Waals surface area contributed by atoms with Crippen LogP contribution in [-0.4, -0.2) is 48.6 Å². The molecule has 0 aromatic heterocycles. The van der Waals surface area contributed by atoms with Crippen molar-refractivity contribution in [3.05, 3.63) is 0 Å². The van der Waals surface area contributed by atoms with Crippen molar-refractivity contribution in [2.24, 2.45) is 5.92 Å². The van der Waals surface area contributed by atoms with Gasteiger partial charge in [-0.3, -0.25) is 9.69 Å². The number of carbonyl (C=O) groups is 1. The van der Waals surface area contributed by atoms with E-state index in [1.165, 1.54) is 12.8 Å². The first-order valence-corrected chi connectivity index (χ1v) is 8.68. The Morgan fingerprint density at radius 1 is 1.29 bits per heavy atom. The monoisotopic (exact) mass is 297 g/mol. The van der Waals surface area contributed by atoms with Gasteiger partial charge in [0, 0.05) is 24.7 Å². The molecule has 4 nitrogen and oxygen atoms in total. The smallest absolute Gasteiger partial charge is 0.234 e. The summed E-state index contributed by atoms with van der Waals surface area (Å²) in [5.41, 5.74) is -0.0950. The number of amides is 1. The van der Waals surface area contributed by atoms with Crippen molar-refractivity contribution >= 4 is 5.91 Å². The summed E-state index contributed by atoms with van der Waals surface area (Å²) in [7, 11) is 0. The summed E-state index contributed by atoms with van der Waals surface area (Å²) in [6, 6.07) is 0.626. The molecule has 2 unspecified atom stereocenters. The second kappa shape index (κ2) is 8.74.